The van der Waals surface area contributed by atoms with Gasteiger partial charge >= 0.3 is 11.8 Å². The average molecular weight is 211 g/mol. The highest BCUT2D eigenvalue weighted by atomic mass is 16.6. The molecule has 0 spiro atoms. The lowest BCUT2D eigenvalue weighted by Gasteiger charge is -1.90. The van der Waals surface area contributed by atoms with Gasteiger partial charge in [-0.2, -0.15) is 4.68 Å². The zero-order valence-electron chi connectivity index (χ0n) is 8.17. The summed E-state index contributed by atoms with van der Waals surface area (Å²) in [4.78, 5) is 20.2. The summed E-state index contributed by atoms with van der Waals surface area (Å²) in [7, 11) is 1.56. The van der Waals surface area contributed by atoms with Crippen molar-refractivity contribution in [3.63, 3.8) is 0 Å². The van der Waals surface area contributed by atoms with Crippen molar-refractivity contribution in [3.05, 3.63) is 27.4 Å². The first-order valence-electron chi connectivity index (χ1n) is 4.02. The third-order valence-electron chi connectivity index (χ3n) is 1.93. The molecule has 1 aromatic rings. The molecule has 1 rings (SSSR count). The van der Waals surface area contributed by atoms with E-state index in [0.29, 0.717) is 5.69 Å². The summed E-state index contributed by atoms with van der Waals surface area (Å²) in [6.45, 7) is 1.63. The standard InChI is InChI=1S/C8H9N3O4/c1-5-6(3-4-7(12)13)8(11(14)15)9-10(5)2/h3-4H,1-2H3,(H,12,13)/b4-3+. The third-order valence-corrected chi connectivity index (χ3v) is 1.93. The number of carbonyl (C=O) groups is 1. The molecule has 80 valence electrons. The number of carboxylic acids is 1. The fourth-order valence-electron chi connectivity index (χ4n) is 1.09. The minimum Gasteiger partial charge on any atom is -0.478 e. The second-order valence-corrected chi connectivity index (χ2v) is 2.87. The SMILES string of the molecule is Cc1c(/C=C/C(=O)O)c([N+](=O)[O-])nn1C. The van der Waals surface area contributed by atoms with Crippen LogP contribution in [0.3, 0.4) is 0 Å². The predicted octanol–water partition coefficient (Wildman–Crippen LogP) is 0.735. The van der Waals surface area contributed by atoms with Gasteiger partial charge in [0.15, 0.2) is 0 Å². The van der Waals surface area contributed by atoms with Crippen molar-refractivity contribution < 1.29 is 14.8 Å². The molecule has 0 aliphatic heterocycles. The first-order valence-corrected chi connectivity index (χ1v) is 4.02. The van der Waals surface area contributed by atoms with Gasteiger partial charge in [-0.15, -0.1) is 0 Å². The topological polar surface area (TPSA) is 98.3 Å². The summed E-state index contributed by atoms with van der Waals surface area (Å²) in [5.41, 5.74) is 0.754. The van der Waals surface area contributed by atoms with Gasteiger partial charge in [-0.05, 0) is 17.9 Å². The lowest BCUT2D eigenvalue weighted by molar-refractivity contribution is -0.390. The second-order valence-electron chi connectivity index (χ2n) is 2.87. The molecule has 1 heterocycles. The Balaban J connectivity index is 3.25. The summed E-state index contributed by atoms with van der Waals surface area (Å²) >= 11 is 0. The molecular weight excluding hydrogens is 202 g/mol. The van der Waals surface area contributed by atoms with Crippen LogP contribution < -0.4 is 0 Å². The number of carboxylic acid groups (broad SMARTS) is 1. The maximum Gasteiger partial charge on any atom is 0.397 e. The Morgan fingerprint density at radius 1 is 1.67 bits per heavy atom. The Morgan fingerprint density at radius 3 is 2.73 bits per heavy atom. The molecule has 0 amide bonds. The molecule has 0 saturated carbocycles. The molecule has 0 aromatic carbocycles. The molecule has 0 radical (unpaired) electrons. The lowest BCUT2D eigenvalue weighted by atomic mass is 10.2. The highest BCUT2D eigenvalue weighted by Crippen LogP contribution is 2.21. The summed E-state index contributed by atoms with van der Waals surface area (Å²) in [6, 6.07) is 0. The number of hydrogen-bond acceptors (Lipinski definition) is 4. The predicted molar refractivity (Wildman–Crippen MR) is 51.3 cm³/mol. The van der Waals surface area contributed by atoms with Gasteiger partial charge in [-0.1, -0.05) is 0 Å². The molecule has 0 aliphatic rings. The van der Waals surface area contributed by atoms with Crippen molar-refractivity contribution in [1.82, 2.24) is 9.78 Å². The van der Waals surface area contributed by atoms with E-state index >= 15 is 0 Å². The van der Waals surface area contributed by atoms with E-state index < -0.39 is 10.9 Å². The maximum atomic E-state index is 10.6. The average Bonchev–Trinajstić information content (AvgIpc) is 2.41. The number of rotatable bonds is 3. The van der Waals surface area contributed by atoms with Gasteiger partial charge in [0.25, 0.3) is 0 Å². The molecule has 0 saturated heterocycles. The van der Waals surface area contributed by atoms with Gasteiger partial charge < -0.3 is 15.2 Å². The smallest absolute Gasteiger partial charge is 0.397 e. The molecule has 0 bridgehead atoms. The fraction of sp³-hybridized carbons (Fsp3) is 0.250. The van der Waals surface area contributed by atoms with Crippen LogP contribution in [0.25, 0.3) is 6.08 Å². The van der Waals surface area contributed by atoms with Crippen molar-refractivity contribution in [2.24, 2.45) is 7.05 Å². The van der Waals surface area contributed by atoms with Crippen LogP contribution in [-0.2, 0) is 11.8 Å². The quantitative estimate of drug-likeness (QED) is 0.451. The van der Waals surface area contributed by atoms with Crippen LogP contribution in [0.1, 0.15) is 11.3 Å². The first-order chi connectivity index (χ1) is 6.93. The van der Waals surface area contributed by atoms with E-state index in [-0.39, 0.29) is 11.4 Å². The van der Waals surface area contributed by atoms with Gasteiger partial charge in [-0.25, -0.2) is 4.79 Å². The molecule has 1 N–H and O–H groups in total. The molecule has 7 heteroatoms. The summed E-state index contributed by atoms with van der Waals surface area (Å²) in [5.74, 6) is -1.50. The highest BCUT2D eigenvalue weighted by molar-refractivity contribution is 5.86. The van der Waals surface area contributed by atoms with E-state index in [1.807, 2.05) is 0 Å². The summed E-state index contributed by atoms with van der Waals surface area (Å²) in [5, 5.41) is 22.7. The van der Waals surface area contributed by atoms with Crippen molar-refractivity contribution >= 4 is 17.9 Å². The van der Waals surface area contributed by atoms with E-state index in [0.717, 1.165) is 6.08 Å². The lowest BCUT2D eigenvalue weighted by Crippen LogP contribution is -1.94. The Hall–Kier alpha value is -2.18. The number of hydrogen-bond donors (Lipinski definition) is 1. The number of nitro groups is 1. The van der Waals surface area contributed by atoms with Crippen molar-refractivity contribution in [2.75, 3.05) is 0 Å². The number of aromatic nitrogens is 2. The minimum absolute atomic E-state index is 0.213. The fourth-order valence-corrected chi connectivity index (χ4v) is 1.09. The largest absolute Gasteiger partial charge is 0.478 e. The molecule has 0 aliphatic carbocycles. The molecule has 15 heavy (non-hydrogen) atoms. The van der Waals surface area contributed by atoms with E-state index in [9.17, 15) is 14.9 Å². The molecule has 0 unspecified atom stereocenters. The molecule has 0 atom stereocenters. The molecular formula is C8H9N3O4. The van der Waals surface area contributed by atoms with Gasteiger partial charge in [0.2, 0.25) is 0 Å². The molecule has 1 aromatic heterocycles. The Bertz CT molecular complexity index is 447. The van der Waals surface area contributed by atoms with Crippen LogP contribution in [0.15, 0.2) is 6.08 Å². The van der Waals surface area contributed by atoms with E-state index in [4.69, 9.17) is 5.11 Å². The van der Waals surface area contributed by atoms with E-state index in [1.54, 1.807) is 14.0 Å². The maximum absolute atomic E-state index is 10.6. The second kappa shape index (κ2) is 3.91. The number of nitrogens with zero attached hydrogens (tertiary/aromatic N) is 3. The van der Waals surface area contributed by atoms with Gasteiger partial charge in [0, 0.05) is 6.08 Å². The monoisotopic (exact) mass is 211 g/mol. The highest BCUT2D eigenvalue weighted by Gasteiger charge is 2.21. The van der Waals surface area contributed by atoms with Crippen molar-refractivity contribution in [2.45, 2.75) is 6.92 Å². The van der Waals surface area contributed by atoms with Crippen molar-refractivity contribution in [3.8, 4) is 0 Å². The van der Waals surface area contributed by atoms with Crippen LogP contribution in [0.5, 0.6) is 0 Å². The number of aryl methyl sites for hydroxylation is 1. The van der Waals surface area contributed by atoms with E-state index in [2.05, 4.69) is 5.10 Å². The van der Waals surface area contributed by atoms with Gasteiger partial charge in [0.1, 0.15) is 0 Å². The van der Waals surface area contributed by atoms with Crippen LogP contribution in [-0.4, -0.2) is 25.8 Å². The summed E-state index contributed by atoms with van der Waals surface area (Å²) < 4.78 is 1.33. The van der Waals surface area contributed by atoms with Gasteiger partial charge in [0.05, 0.1) is 23.4 Å². The normalized spacial score (nSPS) is 10.8. The van der Waals surface area contributed by atoms with Crippen LogP contribution in [0.2, 0.25) is 0 Å². The minimum atomic E-state index is -1.16. The Morgan fingerprint density at radius 2 is 2.27 bits per heavy atom. The third kappa shape index (κ3) is 2.19. The Kier molecular flexibility index (Phi) is 2.84. The zero-order chi connectivity index (χ0) is 11.6. The zero-order valence-corrected chi connectivity index (χ0v) is 8.17. The van der Waals surface area contributed by atoms with Crippen LogP contribution >= 0.6 is 0 Å². The van der Waals surface area contributed by atoms with Crippen LogP contribution in [0, 0.1) is 17.0 Å². The molecule has 7 nitrogen and oxygen atoms in total. The first kappa shape index (κ1) is 10.9. The summed E-state index contributed by atoms with van der Waals surface area (Å²) in [6.07, 6.45) is 2.01. The Labute approximate surface area is 84.8 Å². The number of aliphatic carboxylic acids is 1. The van der Waals surface area contributed by atoms with E-state index in [1.165, 1.54) is 10.8 Å². The van der Waals surface area contributed by atoms with Gasteiger partial charge in [-0.3, -0.25) is 0 Å². The van der Waals surface area contributed by atoms with Crippen molar-refractivity contribution in [1.29, 1.82) is 0 Å². The molecule has 0 fully saturated rings. The van der Waals surface area contributed by atoms with Crippen LogP contribution in [0.4, 0.5) is 5.82 Å².